The second-order valence-corrected chi connectivity index (χ2v) is 6.57. The Balaban J connectivity index is 2.29. The average Bonchev–Trinajstić information content (AvgIpc) is 2.71. The van der Waals surface area contributed by atoms with E-state index in [9.17, 15) is 4.79 Å². The lowest BCUT2D eigenvalue weighted by molar-refractivity contribution is 0.0602. The summed E-state index contributed by atoms with van der Waals surface area (Å²) in [6.07, 6.45) is 3.27. The minimum Gasteiger partial charge on any atom is -0.465 e. The van der Waals surface area contributed by atoms with E-state index in [4.69, 9.17) is 22.1 Å². The molecule has 5 heteroatoms. The van der Waals surface area contributed by atoms with Crippen LogP contribution in [0, 0.1) is 5.41 Å². The van der Waals surface area contributed by atoms with Crippen LogP contribution in [-0.2, 0) is 4.74 Å². The molecule has 1 aliphatic rings. The summed E-state index contributed by atoms with van der Waals surface area (Å²) in [5.74, 6) is -0.432. The van der Waals surface area contributed by atoms with Crippen molar-refractivity contribution >= 4 is 28.9 Å². The van der Waals surface area contributed by atoms with Crippen molar-refractivity contribution in [2.24, 2.45) is 5.41 Å². The Labute approximate surface area is 124 Å². The highest BCUT2D eigenvalue weighted by Crippen LogP contribution is 2.40. The van der Waals surface area contributed by atoms with Crippen molar-refractivity contribution < 1.29 is 9.53 Å². The summed E-state index contributed by atoms with van der Waals surface area (Å²) in [5.41, 5.74) is 7.54. The highest BCUT2D eigenvalue weighted by atomic mass is 35.5. The molecule has 1 aliphatic carbocycles. The number of benzene rings is 1. The smallest absolute Gasteiger partial charge is 0.340 e. The number of nitrogen functional groups attached to an aromatic ring is 1. The van der Waals surface area contributed by atoms with Gasteiger partial charge in [0, 0.05) is 11.7 Å². The Morgan fingerprint density at radius 3 is 2.75 bits per heavy atom. The molecule has 2 rings (SSSR count). The largest absolute Gasteiger partial charge is 0.465 e. The summed E-state index contributed by atoms with van der Waals surface area (Å²) in [5, 5.41) is 3.84. The molecule has 0 aliphatic heterocycles. The van der Waals surface area contributed by atoms with Gasteiger partial charge in [0.1, 0.15) is 0 Å². The van der Waals surface area contributed by atoms with Gasteiger partial charge in [0.25, 0.3) is 0 Å². The molecule has 0 aromatic heterocycles. The Morgan fingerprint density at radius 2 is 2.20 bits per heavy atom. The van der Waals surface area contributed by atoms with Gasteiger partial charge < -0.3 is 15.8 Å². The molecule has 0 bridgehead atoms. The molecular formula is C15H21ClN2O2. The van der Waals surface area contributed by atoms with E-state index < -0.39 is 5.97 Å². The zero-order valence-electron chi connectivity index (χ0n) is 12.1. The van der Waals surface area contributed by atoms with E-state index in [0.29, 0.717) is 33.4 Å². The minimum absolute atomic E-state index is 0.314. The first-order chi connectivity index (χ1) is 9.32. The van der Waals surface area contributed by atoms with Crippen molar-refractivity contribution in [1.29, 1.82) is 0 Å². The Morgan fingerprint density at radius 1 is 1.50 bits per heavy atom. The van der Waals surface area contributed by atoms with Gasteiger partial charge in [-0.2, -0.15) is 0 Å². The SMILES string of the molecule is COC(=O)c1cc(N)cc(Cl)c1NC1CCC(C)(C)C1. The summed E-state index contributed by atoms with van der Waals surface area (Å²) in [6.45, 7) is 4.50. The fraction of sp³-hybridized carbons (Fsp3) is 0.533. The van der Waals surface area contributed by atoms with Crippen molar-refractivity contribution in [3.63, 3.8) is 0 Å². The molecule has 20 heavy (non-hydrogen) atoms. The zero-order valence-corrected chi connectivity index (χ0v) is 12.9. The van der Waals surface area contributed by atoms with Crippen LogP contribution in [0.3, 0.4) is 0 Å². The van der Waals surface area contributed by atoms with Crippen LogP contribution < -0.4 is 11.1 Å². The monoisotopic (exact) mass is 296 g/mol. The van der Waals surface area contributed by atoms with E-state index in [0.717, 1.165) is 19.3 Å². The number of methoxy groups -OCH3 is 1. The highest BCUT2D eigenvalue weighted by Gasteiger charge is 2.32. The number of nitrogens with one attached hydrogen (secondary N) is 1. The molecule has 0 heterocycles. The fourth-order valence-electron chi connectivity index (χ4n) is 2.81. The third-order valence-electron chi connectivity index (χ3n) is 3.83. The van der Waals surface area contributed by atoms with E-state index in [1.165, 1.54) is 7.11 Å². The Bertz CT molecular complexity index is 529. The van der Waals surface area contributed by atoms with Crippen molar-refractivity contribution in [2.45, 2.75) is 39.2 Å². The molecule has 0 saturated heterocycles. The molecule has 1 aromatic rings. The van der Waals surface area contributed by atoms with Crippen LogP contribution in [0.1, 0.15) is 43.5 Å². The van der Waals surface area contributed by atoms with Gasteiger partial charge in [-0.15, -0.1) is 0 Å². The molecule has 3 N–H and O–H groups in total. The number of rotatable bonds is 3. The Kier molecular flexibility index (Phi) is 4.14. The quantitative estimate of drug-likeness (QED) is 0.659. The molecule has 110 valence electrons. The minimum atomic E-state index is -0.432. The lowest BCUT2D eigenvalue weighted by Crippen LogP contribution is -2.20. The first-order valence-electron chi connectivity index (χ1n) is 6.76. The topological polar surface area (TPSA) is 64.3 Å². The number of hydrogen-bond donors (Lipinski definition) is 2. The average molecular weight is 297 g/mol. The van der Waals surface area contributed by atoms with E-state index >= 15 is 0 Å². The molecule has 1 atom stereocenters. The van der Waals surface area contributed by atoms with Gasteiger partial charge in [-0.1, -0.05) is 25.4 Å². The van der Waals surface area contributed by atoms with Crippen LogP contribution >= 0.6 is 11.6 Å². The van der Waals surface area contributed by atoms with E-state index in [2.05, 4.69) is 19.2 Å². The number of esters is 1. The van der Waals surface area contributed by atoms with Crippen molar-refractivity contribution in [1.82, 2.24) is 0 Å². The third kappa shape index (κ3) is 3.18. The maximum atomic E-state index is 11.9. The number of hydrogen-bond acceptors (Lipinski definition) is 4. The number of nitrogens with two attached hydrogens (primary N) is 1. The lowest BCUT2D eigenvalue weighted by Gasteiger charge is -2.21. The lowest BCUT2D eigenvalue weighted by atomic mass is 9.92. The number of anilines is 2. The number of carbonyl (C=O) groups is 1. The standard InChI is InChI=1S/C15H21ClN2O2/c1-15(2)5-4-10(8-15)18-13-11(14(19)20-3)6-9(17)7-12(13)16/h6-7,10,18H,4-5,8,17H2,1-3H3. The predicted octanol–water partition coefficient (Wildman–Crippen LogP) is 3.70. The molecule has 1 fully saturated rings. The number of carbonyl (C=O) groups excluding carboxylic acids is 1. The van der Waals surface area contributed by atoms with Gasteiger partial charge >= 0.3 is 5.97 Å². The second kappa shape index (κ2) is 5.52. The van der Waals surface area contributed by atoms with Crippen LogP contribution in [0.5, 0.6) is 0 Å². The van der Waals surface area contributed by atoms with Crippen LogP contribution in [0.2, 0.25) is 5.02 Å². The summed E-state index contributed by atoms with van der Waals surface area (Å²) in [4.78, 5) is 11.9. The van der Waals surface area contributed by atoms with Crippen LogP contribution in [0.25, 0.3) is 0 Å². The van der Waals surface area contributed by atoms with E-state index in [1.54, 1.807) is 12.1 Å². The van der Waals surface area contributed by atoms with Gasteiger partial charge in [0.2, 0.25) is 0 Å². The maximum absolute atomic E-state index is 11.9. The van der Waals surface area contributed by atoms with Crippen molar-refractivity contribution in [3.05, 3.63) is 22.7 Å². The Hall–Kier alpha value is -1.42. The summed E-state index contributed by atoms with van der Waals surface area (Å²) in [6, 6.07) is 3.56. The molecule has 0 radical (unpaired) electrons. The molecular weight excluding hydrogens is 276 g/mol. The molecule has 1 unspecified atom stereocenters. The van der Waals surface area contributed by atoms with Crippen molar-refractivity contribution in [2.75, 3.05) is 18.2 Å². The maximum Gasteiger partial charge on any atom is 0.340 e. The first-order valence-corrected chi connectivity index (χ1v) is 7.14. The van der Waals surface area contributed by atoms with Gasteiger partial charge in [-0.25, -0.2) is 4.79 Å². The number of halogens is 1. The second-order valence-electron chi connectivity index (χ2n) is 6.17. The predicted molar refractivity (Wildman–Crippen MR) is 82.2 cm³/mol. The van der Waals surface area contributed by atoms with Crippen LogP contribution in [0.4, 0.5) is 11.4 Å². The zero-order chi connectivity index (χ0) is 14.9. The van der Waals surface area contributed by atoms with E-state index in [1.807, 2.05) is 0 Å². The molecule has 1 saturated carbocycles. The first kappa shape index (κ1) is 15.0. The molecule has 0 spiro atoms. The molecule has 1 aromatic carbocycles. The highest BCUT2D eigenvalue weighted by molar-refractivity contribution is 6.34. The third-order valence-corrected chi connectivity index (χ3v) is 4.13. The van der Waals surface area contributed by atoms with E-state index in [-0.39, 0.29) is 0 Å². The van der Waals surface area contributed by atoms with Gasteiger partial charge in [0.05, 0.1) is 23.4 Å². The number of ether oxygens (including phenoxy) is 1. The molecule has 0 amide bonds. The van der Waals surface area contributed by atoms with Gasteiger partial charge in [-0.05, 0) is 36.8 Å². The van der Waals surface area contributed by atoms with Crippen LogP contribution in [0.15, 0.2) is 12.1 Å². The normalized spacial score (nSPS) is 20.7. The van der Waals surface area contributed by atoms with Gasteiger partial charge in [0.15, 0.2) is 0 Å². The van der Waals surface area contributed by atoms with Gasteiger partial charge in [-0.3, -0.25) is 0 Å². The fourth-order valence-corrected chi connectivity index (χ4v) is 3.09. The molecule has 4 nitrogen and oxygen atoms in total. The summed E-state index contributed by atoms with van der Waals surface area (Å²) >= 11 is 6.23. The summed E-state index contributed by atoms with van der Waals surface area (Å²) < 4.78 is 4.80. The van der Waals surface area contributed by atoms with Crippen molar-refractivity contribution in [3.8, 4) is 0 Å². The van der Waals surface area contributed by atoms with Crippen LogP contribution in [-0.4, -0.2) is 19.1 Å². The summed E-state index contributed by atoms with van der Waals surface area (Å²) in [7, 11) is 1.35.